The first-order chi connectivity index (χ1) is 9.88. The van der Waals surface area contributed by atoms with Crippen LogP contribution in [0.15, 0.2) is 24.3 Å². The Morgan fingerprint density at radius 1 is 1.29 bits per heavy atom. The van der Waals surface area contributed by atoms with Crippen molar-refractivity contribution in [2.75, 3.05) is 5.32 Å². The Kier molecular flexibility index (Phi) is 4.21. The number of carbonyl (C=O) groups excluding carboxylic acids is 1. The van der Waals surface area contributed by atoms with E-state index in [4.69, 9.17) is 5.11 Å². The number of rotatable bonds is 3. The third-order valence-electron chi connectivity index (χ3n) is 3.24. The average Bonchev–Trinajstić information content (AvgIpc) is 2.88. The van der Waals surface area contributed by atoms with Gasteiger partial charge in [-0.2, -0.15) is 0 Å². The molecule has 1 aromatic rings. The van der Waals surface area contributed by atoms with E-state index in [0.717, 1.165) is 6.07 Å². The summed E-state index contributed by atoms with van der Waals surface area (Å²) in [7, 11) is 0. The van der Waals surface area contributed by atoms with Crippen molar-refractivity contribution in [1.29, 1.82) is 0 Å². The largest absolute Gasteiger partial charge is 0.481 e. The van der Waals surface area contributed by atoms with E-state index in [9.17, 15) is 18.4 Å². The Hall–Kier alpha value is -2.44. The highest BCUT2D eigenvalue weighted by atomic mass is 19.1. The fraction of sp³-hybridized carbons (Fsp3) is 0.286. The van der Waals surface area contributed by atoms with Gasteiger partial charge in [-0.05, 0) is 25.0 Å². The van der Waals surface area contributed by atoms with Gasteiger partial charge < -0.3 is 15.7 Å². The molecule has 2 rings (SSSR count). The zero-order valence-electron chi connectivity index (χ0n) is 11.2. The molecule has 0 bridgehead atoms. The standard InChI is InChI=1S/C14H14F2N2O3/c1-7-2-5-10(15)12(11(7)16)18-14(21)17-9-4-3-8(6-9)13(19)20/h2-5,8-9H,6H2,1H3,(H,19,20)(H2,17,18,21). The molecule has 0 saturated carbocycles. The molecule has 1 aliphatic carbocycles. The number of carboxylic acid groups (broad SMARTS) is 1. The second-order valence-electron chi connectivity index (χ2n) is 4.82. The van der Waals surface area contributed by atoms with Gasteiger partial charge in [-0.15, -0.1) is 0 Å². The predicted octanol–water partition coefficient (Wildman–Crippen LogP) is 2.42. The van der Waals surface area contributed by atoms with Crippen molar-refractivity contribution < 1.29 is 23.5 Å². The molecule has 2 amide bonds. The van der Waals surface area contributed by atoms with Crippen molar-refractivity contribution in [3.8, 4) is 0 Å². The maximum absolute atomic E-state index is 13.7. The number of halogens is 2. The molecule has 0 aliphatic heterocycles. The van der Waals surface area contributed by atoms with E-state index in [0.29, 0.717) is 0 Å². The summed E-state index contributed by atoms with van der Waals surface area (Å²) in [6.45, 7) is 1.45. The van der Waals surface area contributed by atoms with Crippen molar-refractivity contribution in [2.45, 2.75) is 19.4 Å². The minimum atomic E-state index is -0.980. The van der Waals surface area contributed by atoms with Crippen LogP contribution >= 0.6 is 0 Å². The van der Waals surface area contributed by atoms with E-state index in [2.05, 4.69) is 10.6 Å². The van der Waals surface area contributed by atoms with Gasteiger partial charge in [0.1, 0.15) is 11.5 Å². The number of aryl methyl sites for hydroxylation is 1. The summed E-state index contributed by atoms with van der Waals surface area (Å²) in [4.78, 5) is 22.5. The fourth-order valence-electron chi connectivity index (χ4n) is 2.08. The van der Waals surface area contributed by atoms with E-state index in [1.54, 1.807) is 6.08 Å². The molecule has 0 spiro atoms. The smallest absolute Gasteiger partial charge is 0.319 e. The summed E-state index contributed by atoms with van der Waals surface area (Å²) < 4.78 is 27.2. The van der Waals surface area contributed by atoms with Crippen LogP contribution in [-0.4, -0.2) is 23.1 Å². The Morgan fingerprint density at radius 3 is 2.62 bits per heavy atom. The van der Waals surface area contributed by atoms with Crippen LogP contribution in [0.5, 0.6) is 0 Å². The quantitative estimate of drug-likeness (QED) is 0.750. The molecule has 112 valence electrons. The van der Waals surface area contributed by atoms with Gasteiger partial charge in [-0.1, -0.05) is 18.2 Å². The van der Waals surface area contributed by atoms with Gasteiger partial charge in [0, 0.05) is 0 Å². The van der Waals surface area contributed by atoms with Crippen LogP contribution in [0, 0.1) is 24.5 Å². The first-order valence-corrected chi connectivity index (χ1v) is 6.31. The van der Waals surface area contributed by atoms with Crippen molar-refractivity contribution in [3.63, 3.8) is 0 Å². The van der Waals surface area contributed by atoms with E-state index in [1.807, 2.05) is 0 Å². The molecule has 0 fully saturated rings. The van der Waals surface area contributed by atoms with Gasteiger partial charge >= 0.3 is 12.0 Å². The van der Waals surface area contributed by atoms with Crippen LogP contribution in [0.1, 0.15) is 12.0 Å². The van der Waals surface area contributed by atoms with E-state index < -0.39 is 41.3 Å². The number of urea groups is 1. The molecular weight excluding hydrogens is 282 g/mol. The molecule has 2 atom stereocenters. The number of anilines is 1. The maximum atomic E-state index is 13.7. The van der Waals surface area contributed by atoms with Gasteiger partial charge in [-0.3, -0.25) is 4.79 Å². The lowest BCUT2D eigenvalue weighted by molar-refractivity contribution is -0.140. The van der Waals surface area contributed by atoms with Crippen LogP contribution in [0.4, 0.5) is 19.3 Å². The highest BCUT2D eigenvalue weighted by Gasteiger charge is 2.25. The Balaban J connectivity index is 1.99. The Bertz CT molecular complexity index is 616. The van der Waals surface area contributed by atoms with E-state index in [1.165, 1.54) is 19.1 Å². The third-order valence-corrected chi connectivity index (χ3v) is 3.24. The number of aliphatic carboxylic acids is 1. The van der Waals surface area contributed by atoms with Crippen LogP contribution in [-0.2, 0) is 4.79 Å². The van der Waals surface area contributed by atoms with Gasteiger partial charge in [0.05, 0.1) is 12.0 Å². The second-order valence-corrected chi connectivity index (χ2v) is 4.82. The number of benzene rings is 1. The number of hydrogen-bond acceptors (Lipinski definition) is 2. The molecule has 21 heavy (non-hydrogen) atoms. The minimum absolute atomic E-state index is 0.207. The Morgan fingerprint density at radius 2 is 2.00 bits per heavy atom. The van der Waals surface area contributed by atoms with Gasteiger partial charge in [0.2, 0.25) is 0 Å². The first kappa shape index (κ1) is 15.0. The zero-order chi connectivity index (χ0) is 15.6. The number of amides is 2. The topological polar surface area (TPSA) is 78.4 Å². The number of carbonyl (C=O) groups is 2. The van der Waals surface area contributed by atoms with Crippen LogP contribution in [0.2, 0.25) is 0 Å². The van der Waals surface area contributed by atoms with Gasteiger partial charge in [-0.25, -0.2) is 13.6 Å². The normalized spacial score (nSPS) is 20.3. The van der Waals surface area contributed by atoms with Crippen molar-refractivity contribution in [2.24, 2.45) is 5.92 Å². The monoisotopic (exact) mass is 296 g/mol. The number of hydrogen-bond donors (Lipinski definition) is 3. The summed E-state index contributed by atoms with van der Waals surface area (Å²) in [5.74, 6) is -3.36. The third kappa shape index (κ3) is 3.36. The lowest BCUT2D eigenvalue weighted by atomic mass is 10.1. The first-order valence-electron chi connectivity index (χ1n) is 6.31. The van der Waals surface area contributed by atoms with Crippen molar-refractivity contribution in [3.05, 3.63) is 41.5 Å². The highest BCUT2D eigenvalue weighted by Crippen LogP contribution is 2.22. The summed E-state index contributed by atoms with van der Waals surface area (Å²) in [5, 5.41) is 13.4. The lowest BCUT2D eigenvalue weighted by Crippen LogP contribution is -2.37. The predicted molar refractivity (Wildman–Crippen MR) is 71.9 cm³/mol. The second kappa shape index (κ2) is 5.90. The molecule has 0 radical (unpaired) electrons. The molecule has 0 saturated heterocycles. The number of nitrogens with one attached hydrogen (secondary N) is 2. The Labute approximate surface area is 119 Å². The molecule has 2 unspecified atom stereocenters. The molecule has 0 aromatic heterocycles. The SMILES string of the molecule is Cc1ccc(F)c(NC(=O)NC2C=CC(C(=O)O)C2)c1F. The van der Waals surface area contributed by atoms with Crippen LogP contribution < -0.4 is 10.6 Å². The molecule has 1 aromatic carbocycles. The molecular formula is C14H14F2N2O3. The van der Waals surface area contributed by atoms with Gasteiger partial charge in [0.25, 0.3) is 0 Å². The fourth-order valence-corrected chi connectivity index (χ4v) is 2.08. The summed E-state index contributed by atoms with van der Waals surface area (Å²) >= 11 is 0. The van der Waals surface area contributed by atoms with Crippen molar-refractivity contribution in [1.82, 2.24) is 5.32 Å². The molecule has 5 nitrogen and oxygen atoms in total. The zero-order valence-corrected chi connectivity index (χ0v) is 11.2. The van der Waals surface area contributed by atoms with E-state index >= 15 is 0 Å². The van der Waals surface area contributed by atoms with Crippen LogP contribution in [0.3, 0.4) is 0 Å². The van der Waals surface area contributed by atoms with Gasteiger partial charge in [0.15, 0.2) is 5.82 Å². The molecule has 0 heterocycles. The molecule has 1 aliphatic rings. The molecule has 3 N–H and O–H groups in total. The highest BCUT2D eigenvalue weighted by molar-refractivity contribution is 5.90. The average molecular weight is 296 g/mol. The summed E-state index contributed by atoms with van der Waals surface area (Å²) in [6.07, 6.45) is 3.23. The summed E-state index contributed by atoms with van der Waals surface area (Å²) in [6, 6.07) is 1.05. The number of carboxylic acids is 1. The van der Waals surface area contributed by atoms with E-state index in [-0.39, 0.29) is 12.0 Å². The van der Waals surface area contributed by atoms with Crippen molar-refractivity contribution >= 4 is 17.7 Å². The minimum Gasteiger partial charge on any atom is -0.481 e. The molecule has 7 heteroatoms. The van der Waals surface area contributed by atoms with Crippen LogP contribution in [0.25, 0.3) is 0 Å². The lowest BCUT2D eigenvalue weighted by Gasteiger charge is -2.14. The summed E-state index contributed by atoms with van der Waals surface area (Å²) in [5.41, 5.74) is -0.317. The maximum Gasteiger partial charge on any atom is 0.319 e.